The van der Waals surface area contributed by atoms with E-state index in [4.69, 9.17) is 21.1 Å². The van der Waals surface area contributed by atoms with E-state index in [1.54, 1.807) is 0 Å². The van der Waals surface area contributed by atoms with E-state index in [1.165, 1.54) is 0 Å². The van der Waals surface area contributed by atoms with Crippen LogP contribution in [0.3, 0.4) is 0 Å². The van der Waals surface area contributed by atoms with Gasteiger partial charge in [-0.15, -0.1) is 0 Å². The normalized spacial score (nSPS) is 10.5. The first-order valence-corrected chi connectivity index (χ1v) is 4.70. The number of carboxylic acids is 1. The number of carbonyl (C=O) groups is 1. The van der Waals surface area contributed by atoms with Gasteiger partial charge in [-0.3, -0.25) is 0 Å². The molecule has 1 heterocycles. The zero-order valence-electron chi connectivity index (χ0n) is 8.08. The largest absolute Gasteiger partial charge is 0.476 e. The monoisotopic (exact) mass is 259 g/mol. The Balaban J connectivity index is 2.64. The second-order valence-electron chi connectivity index (χ2n) is 3.08. The number of oxazole rings is 1. The topological polar surface area (TPSA) is 63.3 Å². The summed E-state index contributed by atoms with van der Waals surface area (Å²) in [7, 11) is 0. The lowest BCUT2D eigenvalue weighted by Gasteiger charge is -2.02. The van der Waals surface area contributed by atoms with Crippen molar-refractivity contribution in [2.45, 2.75) is 0 Å². The molecule has 0 atom stereocenters. The van der Waals surface area contributed by atoms with E-state index in [1.807, 2.05) is 0 Å². The van der Waals surface area contributed by atoms with Crippen LogP contribution in [-0.2, 0) is 0 Å². The molecule has 2 rings (SSSR count). The lowest BCUT2D eigenvalue weighted by molar-refractivity contribution is 0.0691. The van der Waals surface area contributed by atoms with E-state index in [-0.39, 0.29) is 11.3 Å². The van der Waals surface area contributed by atoms with Crippen LogP contribution in [0.4, 0.5) is 8.78 Å². The van der Waals surface area contributed by atoms with Crippen molar-refractivity contribution in [3.05, 3.63) is 40.9 Å². The first-order valence-electron chi connectivity index (χ1n) is 4.32. The minimum Gasteiger partial charge on any atom is -0.476 e. The molecule has 1 aromatic carbocycles. The smallest absolute Gasteiger partial charge is 0.358 e. The summed E-state index contributed by atoms with van der Waals surface area (Å²) < 4.78 is 31.4. The maximum atomic E-state index is 13.5. The highest BCUT2D eigenvalue weighted by Crippen LogP contribution is 2.29. The fraction of sp³-hybridized carbons (Fsp3) is 0. The molecule has 1 aromatic heterocycles. The fourth-order valence-corrected chi connectivity index (χ4v) is 1.44. The van der Waals surface area contributed by atoms with E-state index in [0.717, 1.165) is 18.5 Å². The number of benzene rings is 1. The highest BCUT2D eigenvalue weighted by atomic mass is 35.5. The summed E-state index contributed by atoms with van der Waals surface area (Å²) in [6.07, 6.45) is 0.838. The maximum absolute atomic E-state index is 13.5. The molecule has 88 valence electrons. The Bertz CT molecular complexity index is 597. The number of aromatic carboxylic acids is 1. The predicted molar refractivity (Wildman–Crippen MR) is 53.8 cm³/mol. The van der Waals surface area contributed by atoms with Crippen LogP contribution in [0.25, 0.3) is 11.3 Å². The SMILES string of the molecule is O=C(O)c1ncoc1-c1cc(F)c(Cl)cc1F. The molecule has 17 heavy (non-hydrogen) atoms. The molecule has 0 amide bonds. The van der Waals surface area contributed by atoms with Gasteiger partial charge in [-0.1, -0.05) is 11.6 Å². The van der Waals surface area contributed by atoms with E-state index >= 15 is 0 Å². The summed E-state index contributed by atoms with van der Waals surface area (Å²) >= 11 is 5.37. The van der Waals surface area contributed by atoms with Crippen molar-refractivity contribution in [3.8, 4) is 11.3 Å². The lowest BCUT2D eigenvalue weighted by atomic mass is 10.1. The first-order chi connectivity index (χ1) is 8.00. The van der Waals surface area contributed by atoms with Crippen LogP contribution in [0.5, 0.6) is 0 Å². The van der Waals surface area contributed by atoms with Crippen LogP contribution in [0, 0.1) is 11.6 Å². The summed E-state index contributed by atoms with van der Waals surface area (Å²) in [5, 5.41) is 8.37. The molecule has 0 saturated carbocycles. The van der Waals surface area contributed by atoms with Crippen LogP contribution >= 0.6 is 11.6 Å². The number of carboxylic acid groups (broad SMARTS) is 1. The van der Waals surface area contributed by atoms with Gasteiger partial charge in [-0.2, -0.15) is 0 Å². The molecule has 0 bridgehead atoms. The molecule has 2 aromatic rings. The van der Waals surface area contributed by atoms with Crippen LogP contribution in [0.2, 0.25) is 5.02 Å². The summed E-state index contributed by atoms with van der Waals surface area (Å²) in [5.41, 5.74) is -0.840. The number of rotatable bonds is 2. The quantitative estimate of drug-likeness (QED) is 0.842. The van der Waals surface area contributed by atoms with Crippen molar-refractivity contribution in [1.29, 1.82) is 0 Å². The lowest BCUT2D eigenvalue weighted by Crippen LogP contribution is -2.00. The van der Waals surface area contributed by atoms with E-state index in [9.17, 15) is 13.6 Å². The third kappa shape index (κ3) is 1.99. The van der Waals surface area contributed by atoms with Gasteiger partial charge in [0.15, 0.2) is 17.8 Å². The van der Waals surface area contributed by atoms with Gasteiger partial charge in [0.1, 0.15) is 11.6 Å². The van der Waals surface area contributed by atoms with Crippen LogP contribution in [-0.4, -0.2) is 16.1 Å². The highest BCUT2D eigenvalue weighted by molar-refractivity contribution is 6.30. The predicted octanol–water partition coefficient (Wildman–Crippen LogP) is 2.97. The maximum Gasteiger partial charge on any atom is 0.358 e. The number of halogens is 3. The van der Waals surface area contributed by atoms with E-state index < -0.39 is 28.3 Å². The Hall–Kier alpha value is -1.95. The van der Waals surface area contributed by atoms with Crippen molar-refractivity contribution in [3.63, 3.8) is 0 Å². The van der Waals surface area contributed by atoms with Gasteiger partial charge in [-0.05, 0) is 12.1 Å². The Labute approximate surface area is 98.5 Å². The molecule has 0 aliphatic carbocycles. The van der Waals surface area contributed by atoms with Crippen molar-refractivity contribution >= 4 is 17.6 Å². The summed E-state index contributed by atoms with van der Waals surface area (Å²) in [6, 6.07) is 1.49. The number of nitrogens with zero attached hydrogens (tertiary/aromatic N) is 1. The summed E-state index contributed by atoms with van der Waals surface area (Å²) in [5.74, 6) is -3.53. The molecule has 0 radical (unpaired) electrons. The summed E-state index contributed by atoms with van der Waals surface area (Å²) in [4.78, 5) is 14.2. The second kappa shape index (κ2) is 4.14. The van der Waals surface area contributed by atoms with Gasteiger partial charge in [0, 0.05) is 0 Å². The van der Waals surface area contributed by atoms with Crippen LogP contribution < -0.4 is 0 Å². The average Bonchev–Trinajstić information content (AvgIpc) is 2.72. The molecule has 0 fully saturated rings. The molecule has 0 unspecified atom stereocenters. The second-order valence-corrected chi connectivity index (χ2v) is 3.49. The Kier molecular flexibility index (Phi) is 2.81. The van der Waals surface area contributed by atoms with Crippen LogP contribution in [0.15, 0.2) is 22.9 Å². The van der Waals surface area contributed by atoms with Gasteiger partial charge in [-0.25, -0.2) is 18.6 Å². The number of aromatic nitrogens is 1. The minimum atomic E-state index is -1.40. The number of hydrogen-bond donors (Lipinski definition) is 1. The molecular weight excluding hydrogens is 256 g/mol. The van der Waals surface area contributed by atoms with Gasteiger partial charge < -0.3 is 9.52 Å². The van der Waals surface area contributed by atoms with Gasteiger partial charge in [0.05, 0.1) is 10.6 Å². The van der Waals surface area contributed by atoms with E-state index in [0.29, 0.717) is 0 Å². The Morgan fingerprint density at radius 2 is 2.06 bits per heavy atom. The number of hydrogen-bond acceptors (Lipinski definition) is 3. The fourth-order valence-electron chi connectivity index (χ4n) is 1.29. The van der Waals surface area contributed by atoms with E-state index in [2.05, 4.69) is 4.98 Å². The third-order valence-electron chi connectivity index (χ3n) is 2.02. The molecule has 1 N–H and O–H groups in total. The highest BCUT2D eigenvalue weighted by Gasteiger charge is 2.21. The molecule has 4 nitrogen and oxygen atoms in total. The molecule has 0 spiro atoms. The molecule has 0 aliphatic rings. The molecule has 0 aliphatic heterocycles. The van der Waals surface area contributed by atoms with Gasteiger partial charge in [0.2, 0.25) is 0 Å². The molecule has 7 heteroatoms. The van der Waals surface area contributed by atoms with Crippen molar-refractivity contribution in [2.24, 2.45) is 0 Å². The van der Waals surface area contributed by atoms with Gasteiger partial charge in [0.25, 0.3) is 0 Å². The standard InChI is InChI=1S/C10H4ClF2NO3/c11-5-2-6(12)4(1-7(5)13)9-8(10(15)16)14-3-17-9/h1-3H,(H,15,16). The van der Waals surface area contributed by atoms with Crippen molar-refractivity contribution < 1.29 is 23.1 Å². The van der Waals surface area contributed by atoms with Crippen molar-refractivity contribution in [1.82, 2.24) is 4.98 Å². The minimum absolute atomic E-state index is 0.346. The Morgan fingerprint density at radius 1 is 1.35 bits per heavy atom. The molecular formula is C10H4ClF2NO3. The van der Waals surface area contributed by atoms with Crippen molar-refractivity contribution in [2.75, 3.05) is 0 Å². The zero-order chi connectivity index (χ0) is 12.6. The third-order valence-corrected chi connectivity index (χ3v) is 2.31. The first kappa shape index (κ1) is 11.5. The molecule has 0 saturated heterocycles. The zero-order valence-corrected chi connectivity index (χ0v) is 8.83. The Morgan fingerprint density at radius 3 is 2.71 bits per heavy atom. The van der Waals surface area contributed by atoms with Crippen LogP contribution in [0.1, 0.15) is 10.5 Å². The average molecular weight is 260 g/mol. The van der Waals surface area contributed by atoms with Gasteiger partial charge >= 0.3 is 5.97 Å². The summed E-state index contributed by atoms with van der Waals surface area (Å²) in [6.45, 7) is 0.